The number of halogens is 1. The standard InChI is InChI=1S/C23H27ClN4OS/c1-3-4-5-17-8-9-18-20(25)21(30-22(18)26-17)23(29)28-12-10-27(11-13-28)19-14-16(24)7-6-15(19)2/h6-9,14H,3-5,10-13,25H2,1-2H3. The molecule has 0 atom stereocenters. The smallest absolute Gasteiger partial charge is 0.266 e. The molecule has 1 aliphatic rings. The molecule has 158 valence electrons. The fourth-order valence-electron chi connectivity index (χ4n) is 3.91. The summed E-state index contributed by atoms with van der Waals surface area (Å²) in [4.78, 5) is 23.6. The summed E-state index contributed by atoms with van der Waals surface area (Å²) >= 11 is 7.60. The van der Waals surface area contributed by atoms with E-state index in [-0.39, 0.29) is 5.91 Å². The van der Waals surface area contributed by atoms with Crippen LogP contribution in [0.5, 0.6) is 0 Å². The second-order valence-electron chi connectivity index (χ2n) is 7.81. The van der Waals surface area contributed by atoms with Gasteiger partial charge < -0.3 is 15.5 Å². The predicted molar refractivity (Wildman–Crippen MR) is 127 cm³/mol. The quantitative estimate of drug-likeness (QED) is 0.593. The number of aryl methyl sites for hydroxylation is 2. The first kappa shape index (κ1) is 20.9. The Kier molecular flexibility index (Phi) is 6.16. The number of piperazine rings is 1. The van der Waals surface area contributed by atoms with Crippen LogP contribution in [0.3, 0.4) is 0 Å². The number of carbonyl (C=O) groups excluding carboxylic acids is 1. The molecular weight excluding hydrogens is 416 g/mol. The number of nitrogen functional groups attached to an aromatic ring is 1. The van der Waals surface area contributed by atoms with E-state index in [1.165, 1.54) is 16.9 Å². The molecular formula is C23H27ClN4OS. The number of rotatable bonds is 5. The normalized spacial score (nSPS) is 14.5. The Bertz CT molecular complexity index is 1070. The lowest BCUT2D eigenvalue weighted by Crippen LogP contribution is -2.49. The van der Waals surface area contributed by atoms with Crippen molar-refractivity contribution in [2.24, 2.45) is 0 Å². The third-order valence-electron chi connectivity index (χ3n) is 5.71. The van der Waals surface area contributed by atoms with Gasteiger partial charge >= 0.3 is 0 Å². The van der Waals surface area contributed by atoms with Crippen LogP contribution in [-0.2, 0) is 6.42 Å². The summed E-state index contributed by atoms with van der Waals surface area (Å²) in [5.41, 5.74) is 10.3. The lowest BCUT2D eigenvalue weighted by molar-refractivity contribution is 0.0752. The molecule has 0 radical (unpaired) electrons. The molecule has 1 fully saturated rings. The van der Waals surface area contributed by atoms with E-state index in [1.807, 2.05) is 35.2 Å². The molecule has 0 spiro atoms. The van der Waals surface area contributed by atoms with E-state index in [1.54, 1.807) is 0 Å². The van der Waals surface area contributed by atoms with Crippen LogP contribution in [0.2, 0.25) is 5.02 Å². The zero-order chi connectivity index (χ0) is 21.3. The highest BCUT2D eigenvalue weighted by molar-refractivity contribution is 7.21. The number of hydrogen-bond donors (Lipinski definition) is 1. The van der Waals surface area contributed by atoms with Gasteiger partial charge in [0.1, 0.15) is 9.71 Å². The van der Waals surface area contributed by atoms with Crippen LogP contribution in [0.15, 0.2) is 30.3 Å². The zero-order valence-corrected chi connectivity index (χ0v) is 19.0. The van der Waals surface area contributed by atoms with Gasteiger partial charge in [-0.25, -0.2) is 4.98 Å². The monoisotopic (exact) mass is 442 g/mol. The van der Waals surface area contributed by atoms with Gasteiger partial charge in [0.15, 0.2) is 0 Å². The Hall–Kier alpha value is -2.31. The van der Waals surface area contributed by atoms with E-state index in [0.29, 0.717) is 23.7 Å². The highest BCUT2D eigenvalue weighted by Gasteiger charge is 2.26. The average molecular weight is 443 g/mol. The van der Waals surface area contributed by atoms with Crippen molar-refractivity contribution in [2.75, 3.05) is 36.8 Å². The van der Waals surface area contributed by atoms with Crippen LogP contribution in [0.25, 0.3) is 10.2 Å². The number of unbranched alkanes of at least 4 members (excludes halogenated alkanes) is 1. The molecule has 7 heteroatoms. The summed E-state index contributed by atoms with van der Waals surface area (Å²) in [5.74, 6) is 0.00748. The third-order valence-corrected chi connectivity index (χ3v) is 7.05. The summed E-state index contributed by atoms with van der Waals surface area (Å²) in [7, 11) is 0. The molecule has 0 unspecified atom stereocenters. The Morgan fingerprint density at radius 3 is 2.70 bits per heavy atom. The number of nitrogens with zero attached hydrogens (tertiary/aromatic N) is 3. The number of anilines is 2. The van der Waals surface area contributed by atoms with Gasteiger partial charge in [-0.1, -0.05) is 31.0 Å². The maximum absolute atomic E-state index is 13.2. The molecule has 3 aromatic rings. The maximum Gasteiger partial charge on any atom is 0.266 e. The Morgan fingerprint density at radius 1 is 1.20 bits per heavy atom. The summed E-state index contributed by atoms with van der Waals surface area (Å²) in [6.07, 6.45) is 3.21. The van der Waals surface area contributed by atoms with Crippen molar-refractivity contribution < 1.29 is 4.79 Å². The van der Waals surface area contributed by atoms with E-state index >= 15 is 0 Å². The molecule has 2 aromatic heterocycles. The van der Waals surface area contributed by atoms with Crippen LogP contribution >= 0.6 is 22.9 Å². The number of amides is 1. The van der Waals surface area contributed by atoms with Crippen molar-refractivity contribution in [3.05, 3.63) is 51.5 Å². The third kappa shape index (κ3) is 4.12. The minimum atomic E-state index is 0.00748. The molecule has 2 N–H and O–H groups in total. The fraction of sp³-hybridized carbons (Fsp3) is 0.391. The van der Waals surface area contributed by atoms with Crippen molar-refractivity contribution >= 4 is 50.4 Å². The van der Waals surface area contributed by atoms with Gasteiger partial charge in [0.05, 0.1) is 5.69 Å². The molecule has 5 nitrogen and oxygen atoms in total. The molecule has 4 rings (SSSR count). The van der Waals surface area contributed by atoms with Gasteiger partial charge in [-0.3, -0.25) is 4.79 Å². The van der Waals surface area contributed by atoms with Crippen LogP contribution in [0.1, 0.15) is 40.7 Å². The first-order valence-corrected chi connectivity index (χ1v) is 11.7. The number of thiophene rings is 1. The van der Waals surface area contributed by atoms with Crippen molar-refractivity contribution in [1.82, 2.24) is 9.88 Å². The summed E-state index contributed by atoms with van der Waals surface area (Å²) in [6, 6.07) is 9.98. The number of fused-ring (bicyclic) bond motifs is 1. The highest BCUT2D eigenvalue weighted by atomic mass is 35.5. The lowest BCUT2D eigenvalue weighted by atomic mass is 10.1. The number of hydrogen-bond acceptors (Lipinski definition) is 5. The minimum absolute atomic E-state index is 0.00748. The number of nitrogens with two attached hydrogens (primary N) is 1. The van der Waals surface area contributed by atoms with Gasteiger partial charge in [0.2, 0.25) is 0 Å². The van der Waals surface area contributed by atoms with Crippen molar-refractivity contribution in [1.29, 1.82) is 0 Å². The van der Waals surface area contributed by atoms with Crippen LogP contribution < -0.4 is 10.6 Å². The van der Waals surface area contributed by atoms with Crippen LogP contribution in [0, 0.1) is 6.92 Å². The van der Waals surface area contributed by atoms with E-state index in [0.717, 1.165) is 59.0 Å². The number of pyridine rings is 1. The van der Waals surface area contributed by atoms with E-state index in [4.69, 9.17) is 22.3 Å². The number of benzene rings is 1. The Morgan fingerprint density at radius 2 is 1.97 bits per heavy atom. The topological polar surface area (TPSA) is 62.5 Å². The molecule has 1 amide bonds. The molecule has 30 heavy (non-hydrogen) atoms. The van der Waals surface area contributed by atoms with Crippen molar-refractivity contribution in [3.8, 4) is 0 Å². The van der Waals surface area contributed by atoms with Crippen LogP contribution in [0.4, 0.5) is 11.4 Å². The number of carbonyl (C=O) groups is 1. The van der Waals surface area contributed by atoms with Crippen molar-refractivity contribution in [2.45, 2.75) is 33.1 Å². The first-order chi connectivity index (χ1) is 14.5. The van der Waals surface area contributed by atoms with Gasteiger partial charge in [0.25, 0.3) is 5.91 Å². The van der Waals surface area contributed by atoms with Crippen molar-refractivity contribution in [3.63, 3.8) is 0 Å². The Balaban J connectivity index is 1.49. The van der Waals surface area contributed by atoms with Gasteiger partial charge in [-0.15, -0.1) is 11.3 Å². The van der Waals surface area contributed by atoms with Gasteiger partial charge in [0, 0.05) is 48.0 Å². The summed E-state index contributed by atoms with van der Waals surface area (Å²) < 4.78 is 0. The second kappa shape index (κ2) is 8.82. The number of aromatic nitrogens is 1. The summed E-state index contributed by atoms with van der Waals surface area (Å²) in [6.45, 7) is 7.13. The largest absolute Gasteiger partial charge is 0.397 e. The fourth-order valence-corrected chi connectivity index (χ4v) is 5.16. The molecule has 1 saturated heterocycles. The lowest BCUT2D eigenvalue weighted by Gasteiger charge is -2.36. The summed E-state index contributed by atoms with van der Waals surface area (Å²) in [5, 5.41) is 1.62. The zero-order valence-electron chi connectivity index (χ0n) is 17.4. The molecule has 1 aromatic carbocycles. The molecule has 0 saturated carbocycles. The van der Waals surface area contributed by atoms with Crippen LogP contribution in [-0.4, -0.2) is 42.0 Å². The molecule has 3 heterocycles. The molecule has 1 aliphatic heterocycles. The highest BCUT2D eigenvalue weighted by Crippen LogP contribution is 2.34. The second-order valence-corrected chi connectivity index (χ2v) is 9.25. The van der Waals surface area contributed by atoms with E-state index in [9.17, 15) is 4.79 Å². The predicted octanol–water partition coefficient (Wildman–Crippen LogP) is 5.15. The Labute approximate surface area is 186 Å². The SMILES string of the molecule is CCCCc1ccc2c(N)c(C(=O)N3CCN(c4cc(Cl)ccc4C)CC3)sc2n1. The van der Waals surface area contributed by atoms with Gasteiger partial charge in [-0.05, 0) is 49.6 Å². The molecule has 0 bridgehead atoms. The first-order valence-electron chi connectivity index (χ1n) is 10.5. The minimum Gasteiger partial charge on any atom is -0.397 e. The molecule has 0 aliphatic carbocycles. The average Bonchev–Trinajstić information content (AvgIpc) is 3.09. The maximum atomic E-state index is 13.2. The van der Waals surface area contributed by atoms with E-state index in [2.05, 4.69) is 18.7 Å². The van der Waals surface area contributed by atoms with E-state index < -0.39 is 0 Å². The van der Waals surface area contributed by atoms with Gasteiger partial charge in [-0.2, -0.15) is 0 Å².